The summed E-state index contributed by atoms with van der Waals surface area (Å²) in [5.41, 5.74) is 4.10. The van der Waals surface area contributed by atoms with Crippen LogP contribution in [0.25, 0.3) is 11.1 Å². The fourth-order valence-corrected chi connectivity index (χ4v) is 4.25. The zero-order valence-electron chi connectivity index (χ0n) is 18.1. The Labute approximate surface area is 194 Å². The molecule has 1 amide bonds. The van der Waals surface area contributed by atoms with Crippen molar-refractivity contribution in [3.8, 4) is 11.1 Å². The quantitative estimate of drug-likeness (QED) is 0.471. The monoisotopic (exact) mass is 450 g/mol. The molecule has 1 aliphatic heterocycles. The van der Waals surface area contributed by atoms with Crippen LogP contribution >= 0.6 is 11.6 Å². The number of amides is 1. The molecule has 3 aromatic rings. The van der Waals surface area contributed by atoms with Crippen molar-refractivity contribution in [1.29, 1.82) is 0 Å². The minimum absolute atomic E-state index is 0.0552. The Balaban J connectivity index is 1.28. The van der Waals surface area contributed by atoms with E-state index in [0.717, 1.165) is 17.7 Å². The summed E-state index contributed by atoms with van der Waals surface area (Å²) in [6.07, 6.45) is 4.64. The van der Waals surface area contributed by atoms with Crippen molar-refractivity contribution in [3.05, 3.63) is 94.3 Å². The van der Waals surface area contributed by atoms with Crippen LogP contribution in [0.2, 0.25) is 5.02 Å². The number of nitrogens with one attached hydrogen (secondary N) is 1. The summed E-state index contributed by atoms with van der Waals surface area (Å²) < 4.78 is 14.6. The third kappa shape index (κ3) is 5.96. The van der Waals surface area contributed by atoms with Crippen LogP contribution in [0.5, 0.6) is 0 Å². The highest BCUT2D eigenvalue weighted by Gasteiger charge is 2.13. The molecule has 1 heterocycles. The molecule has 1 saturated heterocycles. The van der Waals surface area contributed by atoms with Crippen molar-refractivity contribution in [3.63, 3.8) is 0 Å². The molecule has 0 radical (unpaired) electrons. The van der Waals surface area contributed by atoms with E-state index in [4.69, 9.17) is 11.6 Å². The number of likely N-dealkylation sites (tertiary alicyclic amines) is 1. The first-order valence-electron chi connectivity index (χ1n) is 11.2. The molecule has 0 saturated carbocycles. The summed E-state index contributed by atoms with van der Waals surface area (Å²) in [6, 6.07) is 20.4. The van der Waals surface area contributed by atoms with Crippen LogP contribution in [0.15, 0.2) is 66.7 Å². The number of piperidine rings is 1. The van der Waals surface area contributed by atoms with Gasteiger partial charge < -0.3 is 5.32 Å². The normalized spacial score (nSPS) is 14.3. The molecule has 0 spiro atoms. The average Bonchev–Trinajstić information content (AvgIpc) is 2.81. The fraction of sp³-hybridized carbons (Fsp3) is 0.296. The number of carbonyl (C=O) groups excluding carboxylic acids is 1. The lowest BCUT2D eigenvalue weighted by molar-refractivity contribution is 0.0950. The number of halogens is 2. The van der Waals surface area contributed by atoms with Gasteiger partial charge in [-0.3, -0.25) is 9.69 Å². The van der Waals surface area contributed by atoms with E-state index in [-0.39, 0.29) is 5.56 Å². The van der Waals surface area contributed by atoms with Crippen molar-refractivity contribution < 1.29 is 9.18 Å². The van der Waals surface area contributed by atoms with E-state index in [9.17, 15) is 9.18 Å². The highest BCUT2D eigenvalue weighted by molar-refractivity contribution is 6.30. The lowest BCUT2D eigenvalue weighted by Gasteiger charge is -2.26. The van der Waals surface area contributed by atoms with Crippen LogP contribution < -0.4 is 5.32 Å². The summed E-state index contributed by atoms with van der Waals surface area (Å²) in [6.45, 7) is 3.83. The maximum Gasteiger partial charge on any atom is 0.254 e. The van der Waals surface area contributed by atoms with Crippen molar-refractivity contribution in [2.24, 2.45) is 0 Å². The minimum atomic E-state index is -0.531. The van der Waals surface area contributed by atoms with E-state index in [1.165, 1.54) is 50.0 Å². The molecule has 4 rings (SSSR count). The molecule has 166 valence electrons. The molecule has 0 aromatic heterocycles. The standard InChI is InChI=1S/C27H28ClFN2O/c28-24-11-8-22(9-12-24)23-10-13-25(26(29)18-23)27(32)30-15-14-20-4-6-21(7-5-20)19-31-16-2-1-3-17-31/h4-13,18H,1-3,14-17,19H2,(H,30,32). The summed E-state index contributed by atoms with van der Waals surface area (Å²) in [7, 11) is 0. The number of nitrogens with zero attached hydrogens (tertiary/aromatic N) is 1. The van der Waals surface area contributed by atoms with Crippen LogP contribution in [0.1, 0.15) is 40.7 Å². The molecule has 0 unspecified atom stereocenters. The first-order valence-corrected chi connectivity index (χ1v) is 11.6. The van der Waals surface area contributed by atoms with Gasteiger partial charge in [-0.25, -0.2) is 4.39 Å². The van der Waals surface area contributed by atoms with Crippen LogP contribution in [0.4, 0.5) is 4.39 Å². The Morgan fingerprint density at radius 3 is 2.22 bits per heavy atom. The lowest BCUT2D eigenvalue weighted by Crippen LogP contribution is -2.29. The van der Waals surface area contributed by atoms with Crippen LogP contribution in [0.3, 0.4) is 0 Å². The molecule has 32 heavy (non-hydrogen) atoms. The van der Waals surface area contributed by atoms with Crippen molar-refractivity contribution in [2.75, 3.05) is 19.6 Å². The Morgan fingerprint density at radius 1 is 0.875 bits per heavy atom. The topological polar surface area (TPSA) is 32.3 Å². The van der Waals surface area contributed by atoms with Gasteiger partial charge >= 0.3 is 0 Å². The SMILES string of the molecule is O=C(NCCc1ccc(CN2CCCCC2)cc1)c1ccc(-c2ccc(Cl)cc2)cc1F. The number of rotatable bonds is 7. The fourth-order valence-electron chi connectivity index (χ4n) is 4.12. The lowest BCUT2D eigenvalue weighted by atomic mass is 10.0. The summed E-state index contributed by atoms with van der Waals surface area (Å²) in [5.74, 6) is -0.927. The third-order valence-electron chi connectivity index (χ3n) is 5.97. The van der Waals surface area contributed by atoms with Crippen LogP contribution in [0, 0.1) is 5.82 Å². The van der Waals surface area contributed by atoms with E-state index in [2.05, 4.69) is 34.5 Å². The zero-order valence-corrected chi connectivity index (χ0v) is 18.9. The number of hydrogen-bond acceptors (Lipinski definition) is 2. The van der Waals surface area contributed by atoms with Gasteiger partial charge in [-0.1, -0.05) is 60.5 Å². The second-order valence-corrected chi connectivity index (χ2v) is 8.80. The third-order valence-corrected chi connectivity index (χ3v) is 6.22. The van der Waals surface area contributed by atoms with Crippen LogP contribution in [-0.2, 0) is 13.0 Å². The molecule has 1 N–H and O–H groups in total. The van der Waals surface area contributed by atoms with Gasteiger partial charge in [0.1, 0.15) is 5.82 Å². The Morgan fingerprint density at radius 2 is 1.53 bits per heavy atom. The van der Waals surface area contributed by atoms with Gasteiger partial charge in [0.25, 0.3) is 5.91 Å². The molecule has 3 aromatic carbocycles. The molecule has 3 nitrogen and oxygen atoms in total. The van der Waals surface area contributed by atoms with Crippen molar-refractivity contribution in [1.82, 2.24) is 10.2 Å². The zero-order chi connectivity index (χ0) is 22.3. The predicted octanol–water partition coefficient (Wildman–Crippen LogP) is 6.10. The van der Waals surface area contributed by atoms with Gasteiger partial charge in [0.15, 0.2) is 0 Å². The maximum atomic E-state index is 14.6. The Hall–Kier alpha value is -2.69. The highest BCUT2D eigenvalue weighted by atomic mass is 35.5. The van der Waals surface area contributed by atoms with E-state index in [1.54, 1.807) is 18.2 Å². The summed E-state index contributed by atoms with van der Waals surface area (Å²) >= 11 is 5.91. The molecule has 0 aliphatic carbocycles. The maximum absolute atomic E-state index is 14.6. The molecule has 5 heteroatoms. The van der Waals surface area contributed by atoms with Gasteiger partial charge in [0, 0.05) is 18.1 Å². The number of carbonyl (C=O) groups is 1. The van der Waals surface area contributed by atoms with E-state index in [1.807, 2.05) is 12.1 Å². The molecular formula is C27H28ClFN2O. The first kappa shape index (κ1) is 22.5. The van der Waals surface area contributed by atoms with Crippen molar-refractivity contribution >= 4 is 17.5 Å². The van der Waals surface area contributed by atoms with Gasteiger partial charge in [-0.15, -0.1) is 0 Å². The van der Waals surface area contributed by atoms with Gasteiger partial charge in [0.2, 0.25) is 0 Å². The van der Waals surface area contributed by atoms with Crippen LogP contribution in [-0.4, -0.2) is 30.4 Å². The van der Waals surface area contributed by atoms with E-state index < -0.39 is 11.7 Å². The van der Waals surface area contributed by atoms with E-state index in [0.29, 0.717) is 23.6 Å². The largest absolute Gasteiger partial charge is 0.352 e. The minimum Gasteiger partial charge on any atom is -0.352 e. The molecular weight excluding hydrogens is 423 g/mol. The smallest absolute Gasteiger partial charge is 0.254 e. The first-order chi connectivity index (χ1) is 15.6. The molecule has 0 atom stereocenters. The van der Waals surface area contributed by atoms with Gasteiger partial charge in [0.05, 0.1) is 5.56 Å². The Kier molecular flexibility index (Phi) is 7.56. The van der Waals surface area contributed by atoms with Gasteiger partial charge in [-0.2, -0.15) is 0 Å². The average molecular weight is 451 g/mol. The van der Waals surface area contributed by atoms with Gasteiger partial charge in [-0.05, 0) is 78.9 Å². The summed E-state index contributed by atoms with van der Waals surface area (Å²) in [5, 5.41) is 3.46. The highest BCUT2D eigenvalue weighted by Crippen LogP contribution is 2.23. The summed E-state index contributed by atoms with van der Waals surface area (Å²) in [4.78, 5) is 15.0. The molecule has 0 bridgehead atoms. The number of hydrogen-bond donors (Lipinski definition) is 1. The Bertz CT molecular complexity index is 1040. The van der Waals surface area contributed by atoms with E-state index >= 15 is 0 Å². The predicted molar refractivity (Wildman–Crippen MR) is 128 cm³/mol. The molecule has 1 aliphatic rings. The second-order valence-electron chi connectivity index (χ2n) is 8.36. The number of benzene rings is 3. The second kappa shape index (κ2) is 10.8. The molecule has 1 fully saturated rings. The van der Waals surface area contributed by atoms with Crippen molar-refractivity contribution in [2.45, 2.75) is 32.2 Å².